The molecule has 1 fully saturated rings. The Labute approximate surface area is 200 Å². The maximum Gasteiger partial charge on any atom is 0.309 e. The first kappa shape index (κ1) is 23.3. The number of likely N-dealkylation sites (tertiary alicyclic amines) is 1. The fraction of sp³-hybridized carbons (Fsp3) is 0.333. The number of para-hydroxylation sites is 1. The molecule has 33 heavy (non-hydrogen) atoms. The molecule has 0 spiro atoms. The highest BCUT2D eigenvalue weighted by Gasteiger charge is 2.28. The SMILES string of the molecule is CCOC(=O)C1CCN(C(=O)CSc2nc3ccccc3c(=O)n2-c2cccc(Cl)c2)CC1. The number of aromatic nitrogens is 2. The van der Waals surface area contributed by atoms with Gasteiger partial charge < -0.3 is 9.64 Å². The van der Waals surface area contributed by atoms with Gasteiger partial charge in [0.15, 0.2) is 5.16 Å². The van der Waals surface area contributed by atoms with Gasteiger partial charge in [-0.1, -0.05) is 41.6 Å². The highest BCUT2D eigenvalue weighted by atomic mass is 35.5. The van der Waals surface area contributed by atoms with Crippen molar-refractivity contribution >= 4 is 46.1 Å². The minimum absolute atomic E-state index is 0.0534. The molecule has 2 heterocycles. The van der Waals surface area contributed by atoms with E-state index in [-0.39, 0.29) is 29.1 Å². The Morgan fingerprint density at radius 3 is 2.64 bits per heavy atom. The number of esters is 1. The van der Waals surface area contributed by atoms with Crippen LogP contribution in [0.2, 0.25) is 5.02 Å². The van der Waals surface area contributed by atoms with E-state index in [0.29, 0.717) is 59.3 Å². The van der Waals surface area contributed by atoms with Crippen LogP contribution in [-0.2, 0) is 14.3 Å². The summed E-state index contributed by atoms with van der Waals surface area (Å²) in [6, 6.07) is 14.1. The van der Waals surface area contributed by atoms with Gasteiger partial charge in [0.2, 0.25) is 5.91 Å². The highest BCUT2D eigenvalue weighted by molar-refractivity contribution is 7.99. The fourth-order valence-corrected chi connectivity index (χ4v) is 4.99. The van der Waals surface area contributed by atoms with Crippen molar-refractivity contribution in [3.8, 4) is 5.69 Å². The minimum atomic E-state index is -0.215. The summed E-state index contributed by atoms with van der Waals surface area (Å²) in [5.41, 5.74) is 0.954. The van der Waals surface area contributed by atoms with E-state index in [0.717, 1.165) is 0 Å². The third-order valence-electron chi connectivity index (χ3n) is 5.60. The van der Waals surface area contributed by atoms with E-state index in [1.807, 2.05) is 6.07 Å². The number of amides is 1. The number of nitrogens with zero attached hydrogens (tertiary/aromatic N) is 3. The van der Waals surface area contributed by atoms with E-state index in [2.05, 4.69) is 4.98 Å². The number of piperidine rings is 1. The lowest BCUT2D eigenvalue weighted by Gasteiger charge is -2.30. The van der Waals surface area contributed by atoms with Crippen LogP contribution in [0.5, 0.6) is 0 Å². The number of thioether (sulfide) groups is 1. The first-order valence-electron chi connectivity index (χ1n) is 10.8. The lowest BCUT2D eigenvalue weighted by molar-refractivity contribution is -0.151. The lowest BCUT2D eigenvalue weighted by atomic mass is 9.97. The summed E-state index contributed by atoms with van der Waals surface area (Å²) in [5, 5.41) is 1.42. The van der Waals surface area contributed by atoms with Crippen molar-refractivity contribution in [3.63, 3.8) is 0 Å². The fourth-order valence-electron chi connectivity index (χ4n) is 3.89. The molecule has 1 aromatic heterocycles. The zero-order chi connectivity index (χ0) is 23.4. The molecule has 7 nitrogen and oxygen atoms in total. The van der Waals surface area contributed by atoms with E-state index < -0.39 is 0 Å². The third-order valence-corrected chi connectivity index (χ3v) is 6.76. The topological polar surface area (TPSA) is 81.5 Å². The van der Waals surface area contributed by atoms with Gasteiger partial charge in [-0.3, -0.25) is 19.0 Å². The zero-order valence-corrected chi connectivity index (χ0v) is 19.8. The zero-order valence-electron chi connectivity index (χ0n) is 18.2. The summed E-state index contributed by atoms with van der Waals surface area (Å²) < 4.78 is 6.59. The molecule has 1 aliphatic heterocycles. The van der Waals surface area contributed by atoms with Crippen molar-refractivity contribution < 1.29 is 14.3 Å². The summed E-state index contributed by atoms with van der Waals surface area (Å²) in [4.78, 5) is 44.5. The number of benzene rings is 2. The van der Waals surface area contributed by atoms with Gasteiger partial charge in [-0.2, -0.15) is 0 Å². The number of carbonyl (C=O) groups is 2. The number of halogens is 1. The Morgan fingerprint density at radius 2 is 1.91 bits per heavy atom. The molecule has 1 amide bonds. The molecule has 9 heteroatoms. The lowest BCUT2D eigenvalue weighted by Crippen LogP contribution is -2.41. The summed E-state index contributed by atoms with van der Waals surface area (Å²) in [7, 11) is 0. The molecule has 0 unspecified atom stereocenters. The van der Waals surface area contributed by atoms with Crippen molar-refractivity contribution in [1.29, 1.82) is 0 Å². The largest absolute Gasteiger partial charge is 0.466 e. The molecule has 0 saturated carbocycles. The number of hydrogen-bond acceptors (Lipinski definition) is 6. The van der Waals surface area contributed by atoms with Crippen LogP contribution in [0.25, 0.3) is 16.6 Å². The van der Waals surface area contributed by atoms with Crippen LogP contribution in [0, 0.1) is 5.92 Å². The van der Waals surface area contributed by atoms with Gasteiger partial charge in [-0.25, -0.2) is 4.98 Å². The quantitative estimate of drug-likeness (QED) is 0.299. The second-order valence-electron chi connectivity index (χ2n) is 7.73. The Bertz CT molecular complexity index is 1240. The number of fused-ring (bicyclic) bond motifs is 1. The highest BCUT2D eigenvalue weighted by Crippen LogP contribution is 2.25. The van der Waals surface area contributed by atoms with Crippen LogP contribution < -0.4 is 5.56 Å². The molecule has 3 aromatic rings. The Balaban J connectivity index is 1.54. The summed E-state index contributed by atoms with van der Waals surface area (Å²) in [5.74, 6) is -0.265. The first-order chi connectivity index (χ1) is 16.0. The third kappa shape index (κ3) is 5.23. The van der Waals surface area contributed by atoms with Crippen molar-refractivity contribution in [1.82, 2.24) is 14.5 Å². The van der Waals surface area contributed by atoms with Gasteiger partial charge in [-0.15, -0.1) is 0 Å². The van der Waals surface area contributed by atoms with Crippen molar-refractivity contribution in [2.45, 2.75) is 24.9 Å². The number of rotatable bonds is 6. The smallest absolute Gasteiger partial charge is 0.309 e. The molecule has 1 aliphatic rings. The number of hydrogen-bond donors (Lipinski definition) is 0. The second-order valence-corrected chi connectivity index (χ2v) is 9.11. The molecule has 2 aromatic carbocycles. The predicted molar refractivity (Wildman–Crippen MR) is 129 cm³/mol. The van der Waals surface area contributed by atoms with E-state index in [1.54, 1.807) is 54.3 Å². The van der Waals surface area contributed by atoms with Crippen molar-refractivity contribution in [2.75, 3.05) is 25.4 Å². The molecule has 1 saturated heterocycles. The van der Waals surface area contributed by atoms with Crippen LogP contribution >= 0.6 is 23.4 Å². The van der Waals surface area contributed by atoms with E-state index in [9.17, 15) is 14.4 Å². The Morgan fingerprint density at radius 1 is 1.15 bits per heavy atom. The normalized spacial score (nSPS) is 14.4. The number of carbonyl (C=O) groups excluding carboxylic acids is 2. The van der Waals surface area contributed by atoms with Crippen LogP contribution in [-0.4, -0.2) is 51.8 Å². The minimum Gasteiger partial charge on any atom is -0.466 e. The molecule has 0 atom stereocenters. The van der Waals surface area contributed by atoms with E-state index in [4.69, 9.17) is 16.3 Å². The van der Waals surface area contributed by atoms with Gasteiger partial charge in [0.1, 0.15) is 0 Å². The predicted octanol–water partition coefficient (Wildman–Crippen LogP) is 3.93. The van der Waals surface area contributed by atoms with Gasteiger partial charge in [-0.05, 0) is 50.1 Å². The van der Waals surface area contributed by atoms with Crippen molar-refractivity contribution in [2.24, 2.45) is 5.92 Å². The summed E-state index contributed by atoms with van der Waals surface area (Å²) in [6.45, 7) is 3.17. The molecular weight excluding hydrogens is 462 g/mol. The molecule has 0 radical (unpaired) electrons. The molecule has 172 valence electrons. The van der Waals surface area contributed by atoms with Gasteiger partial charge in [0.05, 0.1) is 34.9 Å². The summed E-state index contributed by atoms with van der Waals surface area (Å²) in [6.07, 6.45) is 1.19. The first-order valence-corrected chi connectivity index (χ1v) is 12.2. The van der Waals surface area contributed by atoms with Crippen LogP contribution in [0.1, 0.15) is 19.8 Å². The van der Waals surface area contributed by atoms with Crippen LogP contribution in [0.15, 0.2) is 58.5 Å². The average Bonchev–Trinajstić information content (AvgIpc) is 2.83. The molecule has 4 rings (SSSR count). The molecule has 0 bridgehead atoms. The number of ether oxygens (including phenoxy) is 1. The maximum atomic E-state index is 13.3. The standard InChI is InChI=1S/C24H24ClN3O4S/c1-2-32-23(31)16-10-12-27(13-11-16)21(29)15-33-24-26-20-9-4-3-8-19(20)22(30)28(24)18-7-5-6-17(25)14-18/h3-9,14,16H,2,10-13,15H2,1H3. The molecule has 0 N–H and O–H groups in total. The van der Waals surface area contributed by atoms with Gasteiger partial charge in [0.25, 0.3) is 5.56 Å². The van der Waals surface area contributed by atoms with Crippen LogP contribution in [0.3, 0.4) is 0 Å². The van der Waals surface area contributed by atoms with Gasteiger partial charge >= 0.3 is 5.97 Å². The average molecular weight is 486 g/mol. The van der Waals surface area contributed by atoms with E-state index in [1.165, 1.54) is 16.3 Å². The molecular formula is C24H24ClN3O4S. The summed E-state index contributed by atoms with van der Waals surface area (Å²) >= 11 is 7.38. The van der Waals surface area contributed by atoms with Crippen LogP contribution in [0.4, 0.5) is 0 Å². The van der Waals surface area contributed by atoms with Crippen molar-refractivity contribution in [3.05, 3.63) is 63.9 Å². The Hall–Kier alpha value is -2.84. The second kappa shape index (κ2) is 10.4. The maximum absolute atomic E-state index is 13.3. The van der Waals surface area contributed by atoms with Gasteiger partial charge in [0, 0.05) is 18.1 Å². The van der Waals surface area contributed by atoms with E-state index >= 15 is 0 Å². The Kier molecular flexibility index (Phi) is 7.35. The molecule has 0 aliphatic carbocycles. The monoisotopic (exact) mass is 485 g/mol.